The summed E-state index contributed by atoms with van der Waals surface area (Å²) >= 11 is 0. The van der Waals surface area contributed by atoms with Crippen LogP contribution in [0.15, 0.2) is 72.8 Å². The summed E-state index contributed by atoms with van der Waals surface area (Å²) < 4.78 is 2.36. The van der Waals surface area contributed by atoms with E-state index in [0.717, 1.165) is 12.1 Å². The largest absolute Gasteiger partial charge is 0.478 e. The van der Waals surface area contributed by atoms with Crippen LogP contribution in [-0.2, 0) is 6.54 Å². The van der Waals surface area contributed by atoms with Crippen molar-refractivity contribution in [2.24, 2.45) is 0 Å². The van der Waals surface area contributed by atoms with E-state index < -0.39 is 5.97 Å². The predicted molar refractivity (Wildman–Crippen MR) is 130 cm³/mol. The molecule has 1 fully saturated rings. The molecule has 1 N–H and O–H groups in total. The molecule has 1 aliphatic carbocycles. The van der Waals surface area contributed by atoms with E-state index >= 15 is 0 Å². The lowest BCUT2D eigenvalue weighted by molar-refractivity contribution is 0.0697. The molecule has 1 saturated carbocycles. The number of benzene rings is 3. The van der Waals surface area contributed by atoms with Crippen LogP contribution in [0, 0.1) is 6.92 Å². The maximum atomic E-state index is 11.8. The molecule has 0 aliphatic heterocycles. The monoisotopic (exact) mass is 423 g/mol. The molecule has 1 aromatic heterocycles. The highest BCUT2D eigenvalue weighted by atomic mass is 16.4. The normalized spacial score (nSPS) is 14.7. The van der Waals surface area contributed by atoms with Crippen molar-refractivity contribution < 1.29 is 9.90 Å². The van der Waals surface area contributed by atoms with E-state index in [-0.39, 0.29) is 0 Å². The third-order valence-corrected chi connectivity index (χ3v) is 6.83. The fraction of sp³-hybridized carbons (Fsp3) is 0.276. The zero-order valence-corrected chi connectivity index (χ0v) is 18.6. The Hall–Kier alpha value is -3.33. The van der Waals surface area contributed by atoms with Gasteiger partial charge in [0, 0.05) is 17.4 Å². The fourth-order valence-corrected chi connectivity index (χ4v) is 5.38. The molecular formula is C29H29NO2. The van der Waals surface area contributed by atoms with Crippen LogP contribution < -0.4 is 0 Å². The lowest BCUT2D eigenvalue weighted by atomic mass is 9.82. The number of fused-ring (bicyclic) bond motifs is 1. The summed E-state index contributed by atoms with van der Waals surface area (Å²) in [5.74, 6) is -0.369. The first kappa shape index (κ1) is 20.6. The molecule has 162 valence electrons. The summed E-state index contributed by atoms with van der Waals surface area (Å²) in [6.07, 6.45) is 6.23. The van der Waals surface area contributed by atoms with Crippen molar-refractivity contribution in [3.05, 3.63) is 95.1 Å². The smallest absolute Gasteiger partial charge is 0.335 e. The first-order chi connectivity index (χ1) is 15.6. The number of hydrogen-bond acceptors (Lipinski definition) is 1. The Kier molecular flexibility index (Phi) is 5.57. The van der Waals surface area contributed by atoms with Gasteiger partial charge in [-0.05, 0) is 54.5 Å². The quantitative estimate of drug-likeness (QED) is 0.363. The van der Waals surface area contributed by atoms with Gasteiger partial charge in [-0.2, -0.15) is 0 Å². The van der Waals surface area contributed by atoms with Crippen LogP contribution in [0.3, 0.4) is 0 Å². The number of nitrogens with zero attached hydrogens (tertiary/aromatic N) is 1. The number of aromatic carboxylic acids is 1. The highest BCUT2D eigenvalue weighted by molar-refractivity contribution is 5.98. The summed E-state index contributed by atoms with van der Waals surface area (Å²) in [7, 11) is 0. The SMILES string of the molecule is Cc1cccc(Cn2c(-c3ccccc3)c(C3CCCCC3)c3ccc(C(=O)O)cc32)c1. The van der Waals surface area contributed by atoms with Crippen molar-refractivity contribution >= 4 is 16.9 Å². The van der Waals surface area contributed by atoms with Crippen molar-refractivity contribution in [2.75, 3.05) is 0 Å². The topological polar surface area (TPSA) is 42.2 Å². The molecule has 0 unspecified atom stereocenters. The van der Waals surface area contributed by atoms with Crippen LogP contribution in [0.5, 0.6) is 0 Å². The van der Waals surface area contributed by atoms with Gasteiger partial charge in [0.1, 0.15) is 0 Å². The molecule has 4 aromatic rings. The van der Waals surface area contributed by atoms with Gasteiger partial charge >= 0.3 is 5.97 Å². The second-order valence-electron chi connectivity index (χ2n) is 9.08. The summed E-state index contributed by atoms with van der Waals surface area (Å²) in [4.78, 5) is 11.8. The van der Waals surface area contributed by atoms with Crippen molar-refractivity contribution in [2.45, 2.75) is 51.5 Å². The average Bonchev–Trinajstić information content (AvgIpc) is 3.13. The first-order valence-electron chi connectivity index (χ1n) is 11.6. The predicted octanol–water partition coefficient (Wildman–Crippen LogP) is 7.41. The number of aryl methyl sites for hydroxylation is 1. The van der Waals surface area contributed by atoms with E-state index in [1.807, 2.05) is 12.1 Å². The second-order valence-corrected chi connectivity index (χ2v) is 9.08. The van der Waals surface area contributed by atoms with Crippen molar-refractivity contribution in [3.8, 4) is 11.3 Å². The third kappa shape index (κ3) is 3.84. The molecule has 0 spiro atoms. The van der Waals surface area contributed by atoms with E-state index in [9.17, 15) is 9.90 Å². The highest BCUT2D eigenvalue weighted by Gasteiger charge is 2.27. The maximum absolute atomic E-state index is 11.8. The zero-order valence-electron chi connectivity index (χ0n) is 18.6. The Morgan fingerprint density at radius 3 is 2.44 bits per heavy atom. The number of hydrogen-bond donors (Lipinski definition) is 1. The molecular weight excluding hydrogens is 394 g/mol. The third-order valence-electron chi connectivity index (χ3n) is 6.83. The Bertz CT molecular complexity index is 1260. The van der Waals surface area contributed by atoms with E-state index in [4.69, 9.17) is 0 Å². The van der Waals surface area contributed by atoms with Crippen LogP contribution >= 0.6 is 0 Å². The van der Waals surface area contributed by atoms with Gasteiger partial charge in [0.2, 0.25) is 0 Å². The molecule has 0 bridgehead atoms. The van der Waals surface area contributed by atoms with Crippen LogP contribution in [0.2, 0.25) is 0 Å². The Morgan fingerprint density at radius 1 is 0.938 bits per heavy atom. The van der Waals surface area contributed by atoms with Crippen LogP contribution in [0.25, 0.3) is 22.2 Å². The van der Waals surface area contributed by atoms with Gasteiger partial charge in [0.05, 0.1) is 11.3 Å². The number of carboxylic acids is 1. The molecule has 3 nitrogen and oxygen atoms in total. The highest BCUT2D eigenvalue weighted by Crippen LogP contribution is 2.44. The van der Waals surface area contributed by atoms with Gasteiger partial charge in [-0.25, -0.2) is 4.79 Å². The van der Waals surface area contributed by atoms with Gasteiger partial charge < -0.3 is 9.67 Å². The molecule has 0 radical (unpaired) electrons. The van der Waals surface area contributed by atoms with Gasteiger partial charge in [0.25, 0.3) is 0 Å². The lowest BCUT2D eigenvalue weighted by Crippen LogP contribution is -2.08. The number of aromatic nitrogens is 1. The number of carboxylic acid groups (broad SMARTS) is 1. The molecule has 0 amide bonds. The number of rotatable bonds is 5. The van der Waals surface area contributed by atoms with Gasteiger partial charge in [-0.1, -0.05) is 85.5 Å². The van der Waals surface area contributed by atoms with Crippen LogP contribution in [0.1, 0.15) is 65.1 Å². The Balaban J connectivity index is 1.81. The van der Waals surface area contributed by atoms with E-state index in [0.29, 0.717) is 11.5 Å². The minimum absolute atomic E-state index is 0.343. The molecule has 1 aliphatic rings. The van der Waals surface area contributed by atoms with Crippen molar-refractivity contribution in [1.82, 2.24) is 4.57 Å². The lowest BCUT2D eigenvalue weighted by Gasteiger charge is -2.24. The molecule has 3 heteroatoms. The van der Waals surface area contributed by atoms with Crippen molar-refractivity contribution in [3.63, 3.8) is 0 Å². The Labute approximate surface area is 189 Å². The first-order valence-corrected chi connectivity index (χ1v) is 11.6. The summed E-state index contributed by atoms with van der Waals surface area (Å²) in [5.41, 5.74) is 7.68. The second kappa shape index (κ2) is 8.66. The van der Waals surface area contributed by atoms with Gasteiger partial charge in [-0.15, -0.1) is 0 Å². The van der Waals surface area contributed by atoms with Crippen molar-refractivity contribution in [1.29, 1.82) is 0 Å². The van der Waals surface area contributed by atoms with E-state index in [1.54, 1.807) is 6.07 Å². The Morgan fingerprint density at radius 2 is 1.72 bits per heavy atom. The molecule has 5 rings (SSSR count). The van der Waals surface area contributed by atoms with Gasteiger partial charge in [0.15, 0.2) is 0 Å². The van der Waals surface area contributed by atoms with Gasteiger partial charge in [-0.3, -0.25) is 0 Å². The molecule has 0 saturated heterocycles. The van der Waals surface area contributed by atoms with E-state index in [2.05, 4.69) is 66.1 Å². The van der Waals surface area contributed by atoms with E-state index in [1.165, 1.54) is 65.4 Å². The summed E-state index contributed by atoms with van der Waals surface area (Å²) in [6, 6.07) is 24.9. The molecule has 0 atom stereocenters. The molecule has 3 aromatic carbocycles. The standard InChI is InChI=1S/C29H29NO2/c1-20-9-8-10-21(17-20)19-30-26-18-24(29(31)32)15-16-25(26)27(22-11-4-2-5-12-22)28(30)23-13-6-3-7-14-23/h3,6-10,13-18,22H,2,4-5,11-12,19H2,1H3,(H,31,32). The number of carbonyl (C=O) groups is 1. The average molecular weight is 424 g/mol. The maximum Gasteiger partial charge on any atom is 0.335 e. The van der Waals surface area contributed by atoms with Crippen LogP contribution in [0.4, 0.5) is 0 Å². The zero-order chi connectivity index (χ0) is 22.1. The molecule has 1 heterocycles. The minimum Gasteiger partial charge on any atom is -0.478 e. The van der Waals surface area contributed by atoms with Crippen LogP contribution in [-0.4, -0.2) is 15.6 Å². The molecule has 32 heavy (non-hydrogen) atoms. The summed E-state index contributed by atoms with van der Waals surface area (Å²) in [6.45, 7) is 2.84. The summed E-state index contributed by atoms with van der Waals surface area (Å²) in [5, 5.41) is 10.9. The fourth-order valence-electron chi connectivity index (χ4n) is 5.38. The minimum atomic E-state index is -0.879.